The highest BCUT2D eigenvalue weighted by Gasteiger charge is 2.22. The number of anilines is 1. The van der Waals surface area contributed by atoms with E-state index in [2.05, 4.69) is 44.9 Å². The van der Waals surface area contributed by atoms with Gasteiger partial charge in [-0.05, 0) is 19.3 Å². The molecule has 3 aromatic rings. The third-order valence-electron chi connectivity index (χ3n) is 4.99. The lowest BCUT2D eigenvalue weighted by Gasteiger charge is -2.33. The first-order valence-corrected chi connectivity index (χ1v) is 9.33. The molecule has 0 atom stereocenters. The maximum absolute atomic E-state index is 5.11. The minimum absolute atomic E-state index is 0.462. The quantitative estimate of drug-likeness (QED) is 0.558. The summed E-state index contributed by atoms with van der Waals surface area (Å²) in [6.07, 6.45) is 8.11. The second-order valence-corrected chi connectivity index (χ2v) is 6.73. The molecule has 0 saturated carbocycles. The molecule has 10 nitrogen and oxygen atoms in total. The monoisotopic (exact) mass is 371 g/mol. The number of ether oxygens (including phenoxy) is 1. The average Bonchev–Trinajstić information content (AvgIpc) is 3.36. The van der Waals surface area contributed by atoms with Crippen LogP contribution in [-0.2, 0) is 17.8 Å². The second-order valence-electron chi connectivity index (χ2n) is 6.73. The molecule has 0 unspecified atom stereocenters. The highest BCUT2D eigenvalue weighted by atomic mass is 16.5. The highest BCUT2D eigenvalue weighted by molar-refractivity contribution is 5.82. The number of H-pyrrole nitrogens is 1. The predicted molar refractivity (Wildman–Crippen MR) is 100 cm³/mol. The van der Waals surface area contributed by atoms with Crippen LogP contribution in [0.5, 0.6) is 0 Å². The van der Waals surface area contributed by atoms with Crippen LogP contribution in [0.2, 0.25) is 0 Å². The zero-order valence-electron chi connectivity index (χ0n) is 15.5. The van der Waals surface area contributed by atoms with Gasteiger partial charge in [0.2, 0.25) is 0 Å². The number of imidazole rings is 1. The average molecular weight is 371 g/mol. The Kier molecular flexibility index (Phi) is 5.54. The first kappa shape index (κ1) is 17.8. The number of aryl methyl sites for hydroxylation is 1. The van der Waals surface area contributed by atoms with Gasteiger partial charge in [0.1, 0.15) is 24.0 Å². The number of fused-ring (bicyclic) bond motifs is 1. The number of hydrogen-bond donors (Lipinski definition) is 2. The summed E-state index contributed by atoms with van der Waals surface area (Å²) in [5.41, 5.74) is 1.63. The summed E-state index contributed by atoms with van der Waals surface area (Å²) in [6, 6.07) is 0.462. The van der Waals surface area contributed by atoms with Crippen LogP contribution in [0, 0.1) is 0 Å². The molecule has 0 bridgehead atoms. The van der Waals surface area contributed by atoms with Gasteiger partial charge in [0.15, 0.2) is 11.5 Å². The van der Waals surface area contributed by atoms with Crippen molar-refractivity contribution in [3.05, 3.63) is 24.8 Å². The predicted octanol–water partition coefficient (Wildman–Crippen LogP) is 0.740. The summed E-state index contributed by atoms with van der Waals surface area (Å²) in [6.45, 7) is 4.25. The van der Waals surface area contributed by atoms with Crippen molar-refractivity contribution in [2.24, 2.45) is 0 Å². The van der Waals surface area contributed by atoms with Crippen molar-refractivity contribution in [2.75, 3.05) is 31.7 Å². The van der Waals surface area contributed by atoms with E-state index < -0.39 is 0 Å². The topological polar surface area (TPSA) is 110 Å². The molecule has 0 aromatic carbocycles. The molecule has 0 radical (unpaired) electrons. The van der Waals surface area contributed by atoms with Gasteiger partial charge in [-0.15, -0.1) is 10.2 Å². The molecule has 4 rings (SSSR count). The number of aromatic nitrogens is 7. The van der Waals surface area contributed by atoms with Gasteiger partial charge >= 0.3 is 0 Å². The SMILES string of the molecule is COCCCn1cnnc1CNC1CCN(c2ncnc3nc[nH]c23)CC1. The number of piperidine rings is 1. The Morgan fingerprint density at radius 3 is 3.00 bits per heavy atom. The van der Waals surface area contributed by atoms with Crippen molar-refractivity contribution in [1.82, 2.24) is 40.0 Å². The van der Waals surface area contributed by atoms with Gasteiger partial charge in [-0.1, -0.05) is 0 Å². The third kappa shape index (κ3) is 4.06. The van der Waals surface area contributed by atoms with E-state index in [0.29, 0.717) is 11.7 Å². The molecule has 3 aromatic heterocycles. The van der Waals surface area contributed by atoms with E-state index in [1.807, 2.05) is 0 Å². The number of nitrogens with zero attached hydrogens (tertiary/aromatic N) is 7. The standard InChI is InChI=1S/C17H25N9O/c1-27-8-2-5-26-12-23-24-14(26)9-18-13-3-6-25(7-4-13)17-15-16(20-10-19-15)21-11-22-17/h10-13,18H,2-9H2,1H3,(H,19,20,21,22). The van der Waals surface area contributed by atoms with Crippen molar-refractivity contribution in [3.63, 3.8) is 0 Å². The largest absolute Gasteiger partial charge is 0.385 e. The van der Waals surface area contributed by atoms with Crippen LogP contribution < -0.4 is 10.2 Å². The third-order valence-corrected chi connectivity index (χ3v) is 4.99. The van der Waals surface area contributed by atoms with Crippen LogP contribution in [0.25, 0.3) is 11.2 Å². The van der Waals surface area contributed by atoms with Gasteiger partial charge < -0.3 is 24.5 Å². The summed E-state index contributed by atoms with van der Waals surface area (Å²) < 4.78 is 7.21. The van der Waals surface area contributed by atoms with Crippen LogP contribution in [0.3, 0.4) is 0 Å². The van der Waals surface area contributed by atoms with Crippen LogP contribution in [0.15, 0.2) is 19.0 Å². The molecule has 10 heteroatoms. The summed E-state index contributed by atoms with van der Waals surface area (Å²) >= 11 is 0. The second kappa shape index (κ2) is 8.40. The summed E-state index contributed by atoms with van der Waals surface area (Å²) in [7, 11) is 1.72. The number of methoxy groups -OCH3 is 1. The molecule has 1 fully saturated rings. The minimum atomic E-state index is 0.462. The van der Waals surface area contributed by atoms with Crippen molar-refractivity contribution < 1.29 is 4.74 Å². The van der Waals surface area contributed by atoms with E-state index in [9.17, 15) is 0 Å². The van der Waals surface area contributed by atoms with E-state index in [1.165, 1.54) is 0 Å². The Balaban J connectivity index is 1.29. The Morgan fingerprint density at radius 1 is 1.26 bits per heavy atom. The Labute approximate surface area is 157 Å². The molecule has 27 heavy (non-hydrogen) atoms. The maximum atomic E-state index is 5.11. The lowest BCUT2D eigenvalue weighted by Crippen LogP contribution is -2.43. The van der Waals surface area contributed by atoms with Crippen LogP contribution in [0.4, 0.5) is 5.82 Å². The fraction of sp³-hybridized carbons (Fsp3) is 0.588. The van der Waals surface area contributed by atoms with Gasteiger partial charge in [0, 0.05) is 39.4 Å². The van der Waals surface area contributed by atoms with Crippen molar-refractivity contribution in [3.8, 4) is 0 Å². The van der Waals surface area contributed by atoms with Crippen LogP contribution >= 0.6 is 0 Å². The van der Waals surface area contributed by atoms with Gasteiger partial charge in [-0.2, -0.15) is 0 Å². The molecule has 1 aliphatic heterocycles. The first-order valence-electron chi connectivity index (χ1n) is 9.33. The highest BCUT2D eigenvalue weighted by Crippen LogP contribution is 2.23. The Hall–Kier alpha value is -2.59. The number of rotatable bonds is 8. The number of aromatic amines is 1. The fourth-order valence-electron chi connectivity index (χ4n) is 3.50. The summed E-state index contributed by atoms with van der Waals surface area (Å²) in [5, 5.41) is 11.9. The zero-order chi connectivity index (χ0) is 18.5. The zero-order valence-corrected chi connectivity index (χ0v) is 15.5. The van der Waals surface area contributed by atoms with Gasteiger partial charge in [0.05, 0.1) is 12.9 Å². The van der Waals surface area contributed by atoms with Crippen LogP contribution in [-0.4, -0.2) is 67.5 Å². The lowest BCUT2D eigenvalue weighted by molar-refractivity contribution is 0.190. The fourth-order valence-corrected chi connectivity index (χ4v) is 3.50. The first-order chi connectivity index (χ1) is 13.3. The smallest absolute Gasteiger partial charge is 0.182 e. The number of nitrogens with one attached hydrogen (secondary N) is 2. The summed E-state index contributed by atoms with van der Waals surface area (Å²) in [4.78, 5) is 18.3. The van der Waals surface area contributed by atoms with Crippen LogP contribution in [0.1, 0.15) is 25.1 Å². The molecule has 1 saturated heterocycles. The van der Waals surface area contributed by atoms with Gasteiger partial charge in [-0.3, -0.25) is 0 Å². The Morgan fingerprint density at radius 2 is 2.15 bits per heavy atom. The molecule has 1 aliphatic rings. The molecule has 4 heterocycles. The molecular weight excluding hydrogens is 346 g/mol. The van der Waals surface area contributed by atoms with Gasteiger partial charge in [0.25, 0.3) is 0 Å². The molecule has 0 amide bonds. The number of hydrogen-bond acceptors (Lipinski definition) is 8. The normalized spacial score (nSPS) is 15.7. The molecule has 0 spiro atoms. The van der Waals surface area contributed by atoms with E-state index in [1.54, 1.807) is 26.1 Å². The maximum Gasteiger partial charge on any atom is 0.182 e. The van der Waals surface area contributed by atoms with E-state index in [4.69, 9.17) is 4.74 Å². The lowest BCUT2D eigenvalue weighted by atomic mass is 10.0. The molecular formula is C17H25N9O. The van der Waals surface area contributed by atoms with Gasteiger partial charge in [-0.25, -0.2) is 15.0 Å². The van der Waals surface area contributed by atoms with E-state index in [0.717, 1.165) is 69.2 Å². The van der Waals surface area contributed by atoms with E-state index in [-0.39, 0.29) is 0 Å². The molecule has 0 aliphatic carbocycles. The van der Waals surface area contributed by atoms with Crippen molar-refractivity contribution >= 4 is 17.0 Å². The van der Waals surface area contributed by atoms with Crippen molar-refractivity contribution in [1.29, 1.82) is 0 Å². The summed E-state index contributed by atoms with van der Waals surface area (Å²) in [5.74, 6) is 1.91. The van der Waals surface area contributed by atoms with E-state index >= 15 is 0 Å². The molecule has 2 N–H and O–H groups in total. The minimum Gasteiger partial charge on any atom is -0.385 e. The molecule has 144 valence electrons. The Bertz CT molecular complexity index is 853. The van der Waals surface area contributed by atoms with Crippen molar-refractivity contribution in [2.45, 2.75) is 38.4 Å².